The van der Waals surface area contributed by atoms with Gasteiger partial charge in [0.2, 0.25) is 5.88 Å². The predicted molar refractivity (Wildman–Crippen MR) is 75.4 cm³/mol. The van der Waals surface area contributed by atoms with Crippen molar-refractivity contribution in [2.75, 3.05) is 6.54 Å². The van der Waals surface area contributed by atoms with Gasteiger partial charge in [0.1, 0.15) is 17.7 Å². The van der Waals surface area contributed by atoms with Crippen LogP contribution in [0.25, 0.3) is 0 Å². The monoisotopic (exact) mass is 309 g/mol. The maximum atomic E-state index is 12.1. The number of aromatic nitrogens is 2. The van der Waals surface area contributed by atoms with E-state index >= 15 is 0 Å². The fraction of sp³-hybridized carbons (Fsp3) is 0.571. The van der Waals surface area contributed by atoms with Crippen LogP contribution in [0.3, 0.4) is 0 Å². The van der Waals surface area contributed by atoms with Crippen molar-refractivity contribution in [2.45, 2.75) is 44.9 Å². The summed E-state index contributed by atoms with van der Waals surface area (Å²) in [6, 6.07) is -0.975. The first-order valence-corrected chi connectivity index (χ1v) is 6.91. The lowest BCUT2D eigenvalue weighted by molar-refractivity contribution is -0.142. The van der Waals surface area contributed by atoms with Crippen molar-refractivity contribution in [3.05, 3.63) is 18.6 Å². The Balaban J connectivity index is 2.06. The molecule has 0 saturated carbocycles. The van der Waals surface area contributed by atoms with Crippen LogP contribution in [-0.4, -0.2) is 56.3 Å². The number of hydrogen-bond acceptors (Lipinski definition) is 6. The van der Waals surface area contributed by atoms with E-state index in [1.165, 1.54) is 23.5 Å². The molecule has 2 rings (SSSR count). The van der Waals surface area contributed by atoms with Gasteiger partial charge in [-0.25, -0.2) is 14.6 Å². The Morgan fingerprint density at radius 2 is 2.09 bits per heavy atom. The van der Waals surface area contributed by atoms with Gasteiger partial charge in [-0.15, -0.1) is 0 Å². The summed E-state index contributed by atoms with van der Waals surface area (Å²) in [4.78, 5) is 32.5. The van der Waals surface area contributed by atoms with Crippen molar-refractivity contribution in [1.82, 2.24) is 14.9 Å². The third-order valence-electron chi connectivity index (χ3n) is 3.00. The highest BCUT2D eigenvalue weighted by Gasteiger charge is 2.42. The van der Waals surface area contributed by atoms with Crippen molar-refractivity contribution < 1.29 is 24.2 Å². The van der Waals surface area contributed by atoms with Crippen LogP contribution in [0, 0.1) is 0 Å². The topological polar surface area (TPSA) is 102 Å². The third-order valence-corrected chi connectivity index (χ3v) is 3.00. The van der Waals surface area contributed by atoms with E-state index in [1.807, 2.05) is 0 Å². The average Bonchev–Trinajstić information content (AvgIpc) is 2.82. The Morgan fingerprint density at radius 3 is 2.64 bits per heavy atom. The van der Waals surface area contributed by atoms with Crippen LogP contribution in [0.1, 0.15) is 27.2 Å². The van der Waals surface area contributed by atoms with Crippen LogP contribution >= 0.6 is 0 Å². The lowest BCUT2D eigenvalue weighted by Crippen LogP contribution is -2.43. The zero-order valence-corrected chi connectivity index (χ0v) is 12.7. The highest BCUT2D eigenvalue weighted by Crippen LogP contribution is 2.24. The minimum atomic E-state index is -1.09. The Kier molecular flexibility index (Phi) is 4.48. The average molecular weight is 309 g/mol. The van der Waals surface area contributed by atoms with E-state index in [2.05, 4.69) is 9.97 Å². The van der Waals surface area contributed by atoms with Crippen LogP contribution in [0.5, 0.6) is 5.88 Å². The second-order valence-corrected chi connectivity index (χ2v) is 6.01. The third kappa shape index (κ3) is 4.06. The first-order valence-electron chi connectivity index (χ1n) is 6.91. The summed E-state index contributed by atoms with van der Waals surface area (Å²) in [6.45, 7) is 5.31. The number of rotatable bonds is 3. The highest BCUT2D eigenvalue weighted by molar-refractivity contribution is 5.81. The molecule has 1 aliphatic rings. The van der Waals surface area contributed by atoms with Gasteiger partial charge in [0.05, 0.1) is 12.7 Å². The summed E-state index contributed by atoms with van der Waals surface area (Å²) in [5, 5.41) is 9.28. The number of hydrogen-bond donors (Lipinski definition) is 1. The molecule has 0 bridgehead atoms. The maximum absolute atomic E-state index is 12.1. The minimum absolute atomic E-state index is 0.127. The van der Waals surface area contributed by atoms with Crippen LogP contribution in [0.2, 0.25) is 0 Å². The van der Waals surface area contributed by atoms with Gasteiger partial charge in [0.25, 0.3) is 0 Å². The van der Waals surface area contributed by atoms with Crippen molar-refractivity contribution in [2.24, 2.45) is 0 Å². The molecular formula is C14H19N3O5. The molecule has 0 aromatic carbocycles. The zero-order chi connectivity index (χ0) is 16.3. The summed E-state index contributed by atoms with van der Waals surface area (Å²) in [6.07, 6.45) is 3.46. The first-order chi connectivity index (χ1) is 10.3. The first kappa shape index (κ1) is 16.0. The smallest absolute Gasteiger partial charge is 0.411 e. The summed E-state index contributed by atoms with van der Waals surface area (Å²) < 4.78 is 10.8. The maximum Gasteiger partial charge on any atom is 0.411 e. The Bertz CT molecular complexity index is 543. The predicted octanol–water partition coefficient (Wildman–Crippen LogP) is 1.32. The number of carbonyl (C=O) groups is 2. The van der Waals surface area contributed by atoms with Gasteiger partial charge < -0.3 is 14.6 Å². The number of amides is 1. The van der Waals surface area contributed by atoms with Gasteiger partial charge in [0.15, 0.2) is 0 Å². The molecule has 1 fully saturated rings. The lowest BCUT2D eigenvalue weighted by Gasteiger charge is -2.26. The summed E-state index contributed by atoms with van der Waals surface area (Å²) in [5.41, 5.74) is -0.690. The molecule has 1 amide bonds. The van der Waals surface area contributed by atoms with Crippen molar-refractivity contribution in [3.63, 3.8) is 0 Å². The summed E-state index contributed by atoms with van der Waals surface area (Å²) in [5.74, 6) is -0.793. The number of carboxylic acid groups (broad SMARTS) is 1. The molecule has 0 radical (unpaired) electrons. The minimum Gasteiger partial charge on any atom is -0.480 e. The molecule has 120 valence electrons. The van der Waals surface area contributed by atoms with Gasteiger partial charge in [0, 0.05) is 18.8 Å². The standard InChI is InChI=1S/C14H19N3O5/c1-14(2,3)22-13(20)17-8-9(6-10(17)12(18)19)21-11-7-15-4-5-16-11/h4-5,7,9-10H,6,8H2,1-3H3,(H,18,19)/t9-,10-/m0/s1. The SMILES string of the molecule is CC(C)(C)OC(=O)N1C[C@@H](Oc2cnccn2)C[C@H]1C(=O)O. The van der Waals surface area contributed by atoms with Gasteiger partial charge in [-0.1, -0.05) is 0 Å². The molecule has 2 atom stereocenters. The molecular weight excluding hydrogens is 290 g/mol. The molecule has 0 aliphatic carbocycles. The van der Waals surface area contributed by atoms with E-state index in [4.69, 9.17) is 9.47 Å². The molecule has 22 heavy (non-hydrogen) atoms. The fourth-order valence-corrected chi connectivity index (χ4v) is 2.16. The fourth-order valence-electron chi connectivity index (χ4n) is 2.16. The van der Waals surface area contributed by atoms with Crippen LogP contribution in [0.4, 0.5) is 4.79 Å². The van der Waals surface area contributed by atoms with Gasteiger partial charge in [-0.3, -0.25) is 9.88 Å². The molecule has 8 nitrogen and oxygen atoms in total. The van der Waals surface area contributed by atoms with E-state index in [-0.39, 0.29) is 13.0 Å². The number of carbonyl (C=O) groups excluding carboxylic acids is 1. The number of nitrogens with zero attached hydrogens (tertiary/aromatic N) is 3. The van der Waals surface area contributed by atoms with Crippen LogP contribution in [-0.2, 0) is 9.53 Å². The van der Waals surface area contributed by atoms with Gasteiger partial charge in [-0.05, 0) is 20.8 Å². The van der Waals surface area contributed by atoms with E-state index in [0.717, 1.165) is 0 Å². The summed E-state index contributed by atoms with van der Waals surface area (Å²) >= 11 is 0. The van der Waals surface area contributed by atoms with Crippen LogP contribution < -0.4 is 4.74 Å². The Labute approximate surface area is 128 Å². The van der Waals surface area contributed by atoms with E-state index in [9.17, 15) is 14.7 Å². The molecule has 1 saturated heterocycles. The van der Waals surface area contributed by atoms with Crippen molar-refractivity contribution >= 4 is 12.1 Å². The number of likely N-dealkylation sites (tertiary alicyclic amines) is 1. The molecule has 1 aliphatic heterocycles. The van der Waals surface area contributed by atoms with Crippen LogP contribution in [0.15, 0.2) is 18.6 Å². The lowest BCUT2D eigenvalue weighted by atomic mass is 10.2. The van der Waals surface area contributed by atoms with E-state index < -0.39 is 29.8 Å². The quantitative estimate of drug-likeness (QED) is 0.898. The second kappa shape index (κ2) is 6.17. The molecule has 1 aromatic heterocycles. The van der Waals surface area contributed by atoms with Gasteiger partial charge >= 0.3 is 12.1 Å². The number of ether oxygens (including phenoxy) is 2. The number of carboxylic acids is 1. The molecule has 0 unspecified atom stereocenters. The molecule has 8 heteroatoms. The molecule has 0 spiro atoms. The van der Waals surface area contributed by atoms with E-state index in [0.29, 0.717) is 5.88 Å². The summed E-state index contributed by atoms with van der Waals surface area (Å²) in [7, 11) is 0. The molecule has 1 N–H and O–H groups in total. The van der Waals surface area contributed by atoms with E-state index in [1.54, 1.807) is 20.8 Å². The Hall–Kier alpha value is -2.38. The zero-order valence-electron chi connectivity index (χ0n) is 12.7. The van der Waals surface area contributed by atoms with Crippen molar-refractivity contribution in [3.8, 4) is 5.88 Å². The molecule has 1 aromatic rings. The van der Waals surface area contributed by atoms with Crippen molar-refractivity contribution in [1.29, 1.82) is 0 Å². The number of aliphatic carboxylic acids is 1. The largest absolute Gasteiger partial charge is 0.480 e. The van der Waals surface area contributed by atoms with Gasteiger partial charge in [-0.2, -0.15) is 0 Å². The second-order valence-electron chi connectivity index (χ2n) is 6.01. The highest BCUT2D eigenvalue weighted by atomic mass is 16.6. The normalized spacial score (nSPS) is 21.5. The molecule has 2 heterocycles. The Morgan fingerprint density at radius 1 is 1.36 bits per heavy atom.